The van der Waals surface area contributed by atoms with Crippen molar-refractivity contribution in [2.24, 2.45) is 0 Å². The molecule has 6 heteroatoms. The van der Waals surface area contributed by atoms with Crippen molar-refractivity contribution in [2.45, 2.75) is 32.7 Å². The highest BCUT2D eigenvalue weighted by Gasteiger charge is 2.24. The Morgan fingerprint density at radius 2 is 2.00 bits per heavy atom. The molecule has 1 fully saturated rings. The Kier molecular flexibility index (Phi) is 5.93. The number of benzene rings is 1. The van der Waals surface area contributed by atoms with Gasteiger partial charge in [0.05, 0.1) is 4.88 Å². The predicted molar refractivity (Wildman–Crippen MR) is 103 cm³/mol. The maximum atomic E-state index is 12.4. The normalized spacial score (nSPS) is 14.9. The molecule has 2 amide bonds. The van der Waals surface area contributed by atoms with Crippen LogP contribution < -0.4 is 10.1 Å². The highest BCUT2D eigenvalue weighted by molar-refractivity contribution is 7.12. The van der Waals surface area contributed by atoms with Crippen molar-refractivity contribution in [1.29, 1.82) is 0 Å². The Morgan fingerprint density at radius 3 is 2.65 bits per heavy atom. The molecule has 0 bridgehead atoms. The molecule has 1 aromatic heterocycles. The number of hydrogen-bond donors (Lipinski definition) is 1. The van der Waals surface area contributed by atoms with E-state index in [0.29, 0.717) is 13.1 Å². The van der Waals surface area contributed by atoms with Crippen molar-refractivity contribution in [3.8, 4) is 5.75 Å². The second-order valence-corrected chi connectivity index (χ2v) is 7.61. The summed E-state index contributed by atoms with van der Waals surface area (Å²) in [5, 5.41) is 4.95. The van der Waals surface area contributed by atoms with E-state index in [0.717, 1.165) is 29.0 Å². The van der Waals surface area contributed by atoms with Crippen LogP contribution in [-0.2, 0) is 4.79 Å². The Labute approximate surface area is 158 Å². The van der Waals surface area contributed by atoms with Gasteiger partial charge in [-0.15, -0.1) is 11.3 Å². The van der Waals surface area contributed by atoms with E-state index in [9.17, 15) is 9.59 Å². The third-order valence-electron chi connectivity index (χ3n) is 4.61. The Balaban J connectivity index is 1.44. The number of thiophene rings is 1. The number of piperidine rings is 1. The number of aryl methyl sites for hydroxylation is 2. The maximum absolute atomic E-state index is 12.4. The summed E-state index contributed by atoms with van der Waals surface area (Å²) in [6, 6.07) is 9.74. The zero-order valence-electron chi connectivity index (χ0n) is 15.2. The Hall–Kier alpha value is -2.34. The summed E-state index contributed by atoms with van der Waals surface area (Å²) >= 11 is 1.44. The lowest BCUT2D eigenvalue weighted by Gasteiger charge is -2.32. The van der Waals surface area contributed by atoms with E-state index >= 15 is 0 Å². The first-order valence-corrected chi connectivity index (χ1v) is 9.73. The minimum absolute atomic E-state index is 0.00647. The summed E-state index contributed by atoms with van der Waals surface area (Å²) in [4.78, 5) is 27.0. The smallest absolute Gasteiger partial charge is 0.261 e. The van der Waals surface area contributed by atoms with Gasteiger partial charge >= 0.3 is 0 Å². The molecule has 0 spiro atoms. The van der Waals surface area contributed by atoms with E-state index in [1.54, 1.807) is 0 Å². The number of carbonyl (C=O) groups excluding carboxylic acids is 2. The van der Waals surface area contributed by atoms with Gasteiger partial charge in [0.2, 0.25) is 0 Å². The first-order valence-electron chi connectivity index (χ1n) is 8.85. The lowest BCUT2D eigenvalue weighted by Crippen LogP contribution is -2.47. The molecular weight excluding hydrogens is 348 g/mol. The van der Waals surface area contributed by atoms with Crippen molar-refractivity contribution in [3.63, 3.8) is 0 Å². The molecule has 0 atom stereocenters. The van der Waals surface area contributed by atoms with Crippen molar-refractivity contribution in [2.75, 3.05) is 19.7 Å². The van der Waals surface area contributed by atoms with Gasteiger partial charge in [-0.25, -0.2) is 0 Å². The number of nitrogens with one attached hydrogen (secondary N) is 1. The van der Waals surface area contributed by atoms with Gasteiger partial charge < -0.3 is 15.0 Å². The van der Waals surface area contributed by atoms with Gasteiger partial charge in [0.25, 0.3) is 11.8 Å². The molecule has 1 aliphatic heterocycles. The number of carbonyl (C=O) groups is 2. The van der Waals surface area contributed by atoms with Crippen molar-refractivity contribution in [3.05, 3.63) is 51.7 Å². The number of ether oxygens (including phenoxy) is 1. The lowest BCUT2D eigenvalue weighted by molar-refractivity contribution is -0.134. The molecule has 3 rings (SSSR count). The van der Waals surface area contributed by atoms with Crippen LogP contribution in [0.4, 0.5) is 0 Å². The zero-order valence-corrected chi connectivity index (χ0v) is 16.0. The second kappa shape index (κ2) is 8.36. The van der Waals surface area contributed by atoms with Gasteiger partial charge in [-0.1, -0.05) is 23.8 Å². The molecule has 138 valence electrons. The van der Waals surface area contributed by atoms with E-state index in [4.69, 9.17) is 4.74 Å². The quantitative estimate of drug-likeness (QED) is 0.877. The molecule has 1 aromatic carbocycles. The third kappa shape index (κ3) is 4.64. The molecule has 0 aliphatic carbocycles. The van der Waals surface area contributed by atoms with Gasteiger partial charge in [-0.05, 0) is 49.8 Å². The first kappa shape index (κ1) is 18.5. The van der Waals surface area contributed by atoms with Crippen LogP contribution in [0.5, 0.6) is 5.75 Å². The molecule has 1 N–H and O–H groups in total. The third-order valence-corrected chi connectivity index (χ3v) is 5.48. The molecule has 2 aromatic rings. The summed E-state index contributed by atoms with van der Waals surface area (Å²) in [5.41, 5.74) is 2.21. The van der Waals surface area contributed by atoms with E-state index in [2.05, 4.69) is 5.32 Å². The summed E-state index contributed by atoms with van der Waals surface area (Å²) in [7, 11) is 0. The van der Waals surface area contributed by atoms with Crippen LogP contribution in [0, 0.1) is 13.8 Å². The fourth-order valence-electron chi connectivity index (χ4n) is 3.13. The number of rotatable bonds is 5. The fraction of sp³-hybridized carbons (Fsp3) is 0.400. The van der Waals surface area contributed by atoms with Gasteiger partial charge in [-0.3, -0.25) is 9.59 Å². The average Bonchev–Trinajstić information content (AvgIpc) is 3.16. The highest BCUT2D eigenvalue weighted by Crippen LogP contribution is 2.19. The minimum Gasteiger partial charge on any atom is -0.484 e. The summed E-state index contributed by atoms with van der Waals surface area (Å²) in [5.74, 6) is 0.720. The van der Waals surface area contributed by atoms with Crippen LogP contribution in [0.25, 0.3) is 0 Å². The molecule has 0 unspecified atom stereocenters. The van der Waals surface area contributed by atoms with Gasteiger partial charge in [0.15, 0.2) is 6.61 Å². The number of amides is 2. The second-order valence-electron chi connectivity index (χ2n) is 6.66. The molecule has 2 heterocycles. The van der Waals surface area contributed by atoms with Crippen LogP contribution in [0.2, 0.25) is 0 Å². The van der Waals surface area contributed by atoms with E-state index in [1.165, 1.54) is 16.9 Å². The summed E-state index contributed by atoms with van der Waals surface area (Å²) in [6.07, 6.45) is 1.54. The Morgan fingerprint density at radius 1 is 1.23 bits per heavy atom. The molecule has 5 nitrogen and oxygen atoms in total. The molecule has 0 radical (unpaired) electrons. The van der Waals surface area contributed by atoms with E-state index in [-0.39, 0.29) is 24.5 Å². The standard InChI is InChI=1S/C20H24N2O3S/c1-14-5-6-17(15(2)12-14)25-13-19(23)22-9-7-16(8-10-22)21-20(24)18-4-3-11-26-18/h3-6,11-12,16H,7-10,13H2,1-2H3,(H,21,24). The van der Waals surface area contributed by atoms with E-state index in [1.807, 2.05) is 54.5 Å². The largest absolute Gasteiger partial charge is 0.484 e. The summed E-state index contributed by atoms with van der Waals surface area (Å²) < 4.78 is 5.69. The van der Waals surface area contributed by atoms with Crippen molar-refractivity contribution < 1.29 is 14.3 Å². The zero-order chi connectivity index (χ0) is 18.5. The SMILES string of the molecule is Cc1ccc(OCC(=O)N2CCC(NC(=O)c3cccs3)CC2)c(C)c1. The molecule has 1 saturated heterocycles. The lowest BCUT2D eigenvalue weighted by atomic mass is 10.0. The number of hydrogen-bond acceptors (Lipinski definition) is 4. The predicted octanol–water partition coefficient (Wildman–Crippen LogP) is 3.16. The highest BCUT2D eigenvalue weighted by atomic mass is 32.1. The first-order chi connectivity index (χ1) is 12.5. The van der Waals surface area contributed by atoms with Crippen LogP contribution in [0.15, 0.2) is 35.7 Å². The maximum Gasteiger partial charge on any atom is 0.261 e. The van der Waals surface area contributed by atoms with Crippen LogP contribution >= 0.6 is 11.3 Å². The molecule has 0 saturated carbocycles. The Bertz CT molecular complexity index is 765. The molecule has 1 aliphatic rings. The van der Waals surface area contributed by atoms with Gasteiger partial charge in [-0.2, -0.15) is 0 Å². The minimum atomic E-state index is -0.0250. The number of likely N-dealkylation sites (tertiary alicyclic amines) is 1. The van der Waals surface area contributed by atoms with Crippen molar-refractivity contribution in [1.82, 2.24) is 10.2 Å². The van der Waals surface area contributed by atoms with Crippen LogP contribution in [0.1, 0.15) is 33.6 Å². The molecule has 26 heavy (non-hydrogen) atoms. The fourth-order valence-corrected chi connectivity index (χ4v) is 3.76. The van der Waals surface area contributed by atoms with Crippen LogP contribution in [-0.4, -0.2) is 42.5 Å². The number of nitrogens with zero attached hydrogens (tertiary/aromatic N) is 1. The van der Waals surface area contributed by atoms with Gasteiger partial charge in [0, 0.05) is 19.1 Å². The molecular formula is C20H24N2O3S. The average molecular weight is 372 g/mol. The summed E-state index contributed by atoms with van der Waals surface area (Å²) in [6.45, 7) is 5.35. The van der Waals surface area contributed by atoms with E-state index < -0.39 is 0 Å². The topological polar surface area (TPSA) is 58.6 Å². The van der Waals surface area contributed by atoms with Crippen molar-refractivity contribution >= 4 is 23.2 Å². The van der Waals surface area contributed by atoms with Crippen LogP contribution in [0.3, 0.4) is 0 Å². The van der Waals surface area contributed by atoms with Gasteiger partial charge in [0.1, 0.15) is 5.75 Å². The monoisotopic (exact) mass is 372 g/mol.